The van der Waals surface area contributed by atoms with Gasteiger partial charge in [0.25, 0.3) is 0 Å². The molecule has 22 heavy (non-hydrogen) atoms. The summed E-state index contributed by atoms with van der Waals surface area (Å²) in [5, 5.41) is 2.12. The number of aromatic nitrogens is 3. The van der Waals surface area contributed by atoms with Crippen molar-refractivity contribution in [2.75, 3.05) is 0 Å². The molecule has 0 bridgehead atoms. The van der Waals surface area contributed by atoms with Gasteiger partial charge in [-0.1, -0.05) is 6.07 Å². The van der Waals surface area contributed by atoms with E-state index >= 15 is 0 Å². The summed E-state index contributed by atoms with van der Waals surface area (Å²) in [5.74, 6) is 1.03. The van der Waals surface area contributed by atoms with Crippen molar-refractivity contribution in [3.63, 3.8) is 0 Å². The predicted octanol–water partition coefficient (Wildman–Crippen LogP) is 4.67. The molecule has 4 rings (SSSR count). The van der Waals surface area contributed by atoms with Gasteiger partial charge in [-0.25, -0.2) is 9.83 Å². The molecule has 4 nitrogen and oxygen atoms in total. The van der Waals surface area contributed by atoms with Crippen LogP contribution in [0.1, 0.15) is 11.1 Å². The fourth-order valence-corrected chi connectivity index (χ4v) is 2.94. The van der Waals surface area contributed by atoms with E-state index in [4.69, 9.17) is 6.57 Å². The molecule has 4 aromatic rings. The molecule has 0 saturated carbocycles. The van der Waals surface area contributed by atoms with E-state index in [1.165, 1.54) is 11.1 Å². The molecule has 0 amide bonds. The largest absolute Gasteiger partial charge is 0.347 e. The Kier molecular flexibility index (Phi) is 2.57. The molecule has 3 aromatic heterocycles. The summed E-state index contributed by atoms with van der Waals surface area (Å²) in [5.41, 5.74) is 5.04. The second-order valence-corrected chi connectivity index (χ2v) is 5.47. The number of benzene rings is 1. The Morgan fingerprint density at radius 3 is 2.77 bits per heavy atom. The fraction of sp³-hybridized carbons (Fsp3) is 0.111. The highest BCUT2D eigenvalue weighted by Crippen LogP contribution is 2.34. The lowest BCUT2D eigenvalue weighted by Gasteiger charge is -2.06. The quantitative estimate of drug-likeness (QED) is 0.507. The van der Waals surface area contributed by atoms with E-state index in [1.54, 1.807) is 6.20 Å². The summed E-state index contributed by atoms with van der Waals surface area (Å²) in [6, 6.07) is 9.79. The standard InChI is InChI=1S/C18H14N4/c1-11-10-21-17(12(11)2)22-16-7-6-13(19-3)9-15(16)14-5-4-8-20-18(14)22/h4-10,21H,1-2H3. The van der Waals surface area contributed by atoms with Crippen LogP contribution in [-0.4, -0.2) is 14.5 Å². The van der Waals surface area contributed by atoms with Crippen LogP contribution in [0.25, 0.3) is 32.6 Å². The van der Waals surface area contributed by atoms with Gasteiger partial charge in [-0.15, -0.1) is 0 Å². The van der Waals surface area contributed by atoms with E-state index in [-0.39, 0.29) is 0 Å². The zero-order chi connectivity index (χ0) is 15.3. The Balaban J connectivity index is 2.21. The molecule has 0 aliphatic rings. The summed E-state index contributed by atoms with van der Waals surface area (Å²) < 4.78 is 2.14. The molecule has 0 atom stereocenters. The van der Waals surface area contributed by atoms with E-state index in [0.29, 0.717) is 5.69 Å². The van der Waals surface area contributed by atoms with E-state index in [0.717, 1.165) is 27.8 Å². The third-order valence-corrected chi connectivity index (χ3v) is 4.23. The van der Waals surface area contributed by atoms with Crippen molar-refractivity contribution >= 4 is 27.6 Å². The number of nitrogens with zero attached hydrogens (tertiary/aromatic N) is 3. The smallest absolute Gasteiger partial charge is 0.188 e. The van der Waals surface area contributed by atoms with Gasteiger partial charge in [0.1, 0.15) is 11.5 Å². The highest BCUT2D eigenvalue weighted by Gasteiger charge is 2.16. The Morgan fingerprint density at radius 2 is 2.05 bits per heavy atom. The van der Waals surface area contributed by atoms with Gasteiger partial charge in [0.2, 0.25) is 0 Å². The van der Waals surface area contributed by atoms with Gasteiger partial charge in [0, 0.05) is 17.8 Å². The molecule has 0 aliphatic carbocycles. The van der Waals surface area contributed by atoms with E-state index in [9.17, 15) is 0 Å². The molecular formula is C18H14N4. The monoisotopic (exact) mass is 286 g/mol. The molecule has 0 radical (unpaired) electrons. The maximum absolute atomic E-state index is 7.23. The first kappa shape index (κ1) is 12.7. The summed E-state index contributed by atoms with van der Waals surface area (Å²) in [6.07, 6.45) is 3.82. The highest BCUT2D eigenvalue weighted by atomic mass is 15.1. The molecule has 1 N–H and O–H groups in total. The van der Waals surface area contributed by atoms with Crippen molar-refractivity contribution in [3.8, 4) is 5.82 Å². The first-order chi connectivity index (χ1) is 10.7. The zero-order valence-electron chi connectivity index (χ0n) is 12.4. The number of rotatable bonds is 1. The normalized spacial score (nSPS) is 11.1. The SMILES string of the molecule is [C-]#[N+]c1ccc2c(c1)c1cccnc1n2-c1[nH]cc(C)c1C. The lowest BCUT2D eigenvalue weighted by Crippen LogP contribution is -1.97. The van der Waals surface area contributed by atoms with Crippen LogP contribution in [0.15, 0.2) is 42.7 Å². The van der Waals surface area contributed by atoms with Gasteiger partial charge in [-0.05, 0) is 54.6 Å². The van der Waals surface area contributed by atoms with Gasteiger partial charge in [-0.2, -0.15) is 0 Å². The van der Waals surface area contributed by atoms with Crippen LogP contribution in [0.3, 0.4) is 0 Å². The highest BCUT2D eigenvalue weighted by molar-refractivity contribution is 6.08. The van der Waals surface area contributed by atoms with Crippen molar-refractivity contribution in [2.45, 2.75) is 13.8 Å². The fourth-order valence-electron chi connectivity index (χ4n) is 2.94. The van der Waals surface area contributed by atoms with Crippen molar-refractivity contribution in [2.24, 2.45) is 0 Å². The number of hydrogen-bond donors (Lipinski definition) is 1. The minimum Gasteiger partial charge on any atom is -0.347 e. The van der Waals surface area contributed by atoms with Gasteiger partial charge >= 0.3 is 0 Å². The van der Waals surface area contributed by atoms with Gasteiger partial charge in [0.15, 0.2) is 5.69 Å². The van der Waals surface area contributed by atoms with Crippen LogP contribution in [0, 0.1) is 20.4 Å². The Labute approximate surface area is 127 Å². The van der Waals surface area contributed by atoms with Crippen LogP contribution in [0.2, 0.25) is 0 Å². The first-order valence-electron chi connectivity index (χ1n) is 7.12. The van der Waals surface area contributed by atoms with Crippen LogP contribution in [0.5, 0.6) is 0 Å². The maximum Gasteiger partial charge on any atom is 0.188 e. The van der Waals surface area contributed by atoms with Crippen LogP contribution in [0.4, 0.5) is 5.69 Å². The third kappa shape index (κ3) is 1.60. The van der Waals surface area contributed by atoms with Crippen molar-refractivity contribution in [3.05, 3.63) is 65.3 Å². The van der Waals surface area contributed by atoms with Crippen LogP contribution < -0.4 is 0 Å². The van der Waals surface area contributed by atoms with E-state index < -0.39 is 0 Å². The van der Waals surface area contributed by atoms with Crippen molar-refractivity contribution < 1.29 is 0 Å². The summed E-state index contributed by atoms with van der Waals surface area (Å²) in [6.45, 7) is 11.4. The molecule has 0 saturated heterocycles. The van der Waals surface area contributed by atoms with E-state index in [2.05, 4.69) is 39.3 Å². The summed E-state index contributed by atoms with van der Waals surface area (Å²) in [7, 11) is 0. The molecule has 0 unspecified atom stereocenters. The van der Waals surface area contributed by atoms with Gasteiger partial charge in [-0.3, -0.25) is 4.57 Å². The minimum atomic E-state index is 0.648. The van der Waals surface area contributed by atoms with Gasteiger partial charge < -0.3 is 4.98 Å². The molecule has 1 aromatic carbocycles. The number of H-pyrrole nitrogens is 1. The van der Waals surface area contributed by atoms with Crippen molar-refractivity contribution in [1.82, 2.24) is 14.5 Å². The Hall–Kier alpha value is -3.06. The molecule has 3 heterocycles. The Bertz CT molecular complexity index is 1060. The van der Waals surface area contributed by atoms with E-state index in [1.807, 2.05) is 30.5 Å². The first-order valence-corrected chi connectivity index (χ1v) is 7.12. The number of pyridine rings is 1. The molecule has 4 heteroatoms. The molecule has 0 fully saturated rings. The molecule has 0 aliphatic heterocycles. The minimum absolute atomic E-state index is 0.648. The molecular weight excluding hydrogens is 272 g/mol. The van der Waals surface area contributed by atoms with Crippen LogP contribution >= 0.6 is 0 Å². The second-order valence-electron chi connectivity index (χ2n) is 5.47. The third-order valence-electron chi connectivity index (χ3n) is 4.23. The average molecular weight is 286 g/mol. The number of hydrogen-bond acceptors (Lipinski definition) is 1. The lowest BCUT2D eigenvalue weighted by molar-refractivity contribution is 1.06. The summed E-state index contributed by atoms with van der Waals surface area (Å²) in [4.78, 5) is 11.5. The second kappa shape index (κ2) is 4.47. The molecule has 106 valence electrons. The molecule has 0 spiro atoms. The number of aromatic amines is 1. The number of fused-ring (bicyclic) bond motifs is 3. The zero-order valence-corrected chi connectivity index (χ0v) is 12.4. The summed E-state index contributed by atoms with van der Waals surface area (Å²) >= 11 is 0. The average Bonchev–Trinajstić information content (AvgIpc) is 3.05. The number of nitrogens with one attached hydrogen (secondary N) is 1. The van der Waals surface area contributed by atoms with Gasteiger partial charge in [0.05, 0.1) is 12.1 Å². The van der Waals surface area contributed by atoms with Crippen LogP contribution in [-0.2, 0) is 0 Å². The lowest BCUT2D eigenvalue weighted by atomic mass is 10.2. The Morgan fingerprint density at radius 1 is 1.18 bits per heavy atom. The number of aryl methyl sites for hydroxylation is 1. The van der Waals surface area contributed by atoms with Crippen molar-refractivity contribution in [1.29, 1.82) is 0 Å². The predicted molar refractivity (Wildman–Crippen MR) is 88.7 cm³/mol. The maximum atomic E-state index is 7.23. The topological polar surface area (TPSA) is 38.0 Å².